The summed E-state index contributed by atoms with van der Waals surface area (Å²) in [6.07, 6.45) is 0. The standard InChI is InChI=1S/C22H24ClN3O4S/c1-22(2,3)30-19(27)12-26-17-9-4-5-10-18(17)31-13-16(20(26)28)25-21(29)24-15-8-6-7-14(23)11-15/h4-11,16H,12-13H2,1-3H3,(H2,24,25,29)/t16-/m0/s1. The Hall–Kier alpha value is -2.71. The molecule has 2 aromatic carbocycles. The van der Waals surface area contributed by atoms with Crippen molar-refractivity contribution in [3.63, 3.8) is 0 Å². The third kappa shape index (κ3) is 6.38. The molecule has 0 aromatic heterocycles. The molecule has 0 spiro atoms. The van der Waals surface area contributed by atoms with E-state index in [0.717, 1.165) is 4.90 Å². The van der Waals surface area contributed by atoms with Gasteiger partial charge in [0.25, 0.3) is 5.91 Å². The highest BCUT2D eigenvalue weighted by molar-refractivity contribution is 7.99. The summed E-state index contributed by atoms with van der Waals surface area (Å²) in [6.45, 7) is 5.05. The zero-order valence-corrected chi connectivity index (χ0v) is 19.0. The largest absolute Gasteiger partial charge is 0.459 e. The number of amides is 3. The van der Waals surface area contributed by atoms with Gasteiger partial charge >= 0.3 is 12.0 Å². The molecule has 3 amide bonds. The minimum Gasteiger partial charge on any atom is -0.459 e. The van der Waals surface area contributed by atoms with Crippen LogP contribution in [0.2, 0.25) is 5.02 Å². The summed E-state index contributed by atoms with van der Waals surface area (Å²) in [5.74, 6) is -0.585. The number of halogens is 1. The lowest BCUT2D eigenvalue weighted by Gasteiger charge is -2.27. The van der Waals surface area contributed by atoms with Crippen LogP contribution in [0, 0.1) is 0 Å². The van der Waals surface area contributed by atoms with Gasteiger partial charge in [-0.05, 0) is 51.1 Å². The van der Waals surface area contributed by atoms with Crippen molar-refractivity contribution in [1.29, 1.82) is 0 Å². The zero-order valence-electron chi connectivity index (χ0n) is 17.5. The summed E-state index contributed by atoms with van der Waals surface area (Å²) in [6, 6.07) is 12.7. The number of nitrogens with zero attached hydrogens (tertiary/aromatic N) is 1. The molecule has 0 radical (unpaired) electrons. The maximum atomic E-state index is 13.3. The van der Waals surface area contributed by atoms with E-state index in [9.17, 15) is 14.4 Å². The molecule has 1 aliphatic heterocycles. The van der Waals surface area contributed by atoms with Crippen molar-refractivity contribution in [3.05, 3.63) is 53.6 Å². The van der Waals surface area contributed by atoms with E-state index in [1.165, 1.54) is 16.7 Å². The van der Waals surface area contributed by atoms with Crippen molar-refractivity contribution in [2.75, 3.05) is 22.5 Å². The Bertz CT molecular complexity index is 993. The fourth-order valence-corrected chi connectivity index (χ4v) is 4.28. The van der Waals surface area contributed by atoms with E-state index < -0.39 is 23.6 Å². The summed E-state index contributed by atoms with van der Waals surface area (Å²) in [4.78, 5) is 40.5. The van der Waals surface area contributed by atoms with Gasteiger partial charge in [-0.3, -0.25) is 14.5 Å². The van der Waals surface area contributed by atoms with Crippen LogP contribution in [-0.2, 0) is 14.3 Å². The van der Waals surface area contributed by atoms with Crippen LogP contribution in [0.25, 0.3) is 0 Å². The van der Waals surface area contributed by atoms with Crippen molar-refractivity contribution in [2.24, 2.45) is 0 Å². The second-order valence-electron chi connectivity index (χ2n) is 7.95. The van der Waals surface area contributed by atoms with Crippen molar-refractivity contribution in [1.82, 2.24) is 5.32 Å². The second-order valence-corrected chi connectivity index (χ2v) is 9.45. The van der Waals surface area contributed by atoms with Crippen LogP contribution in [0.3, 0.4) is 0 Å². The van der Waals surface area contributed by atoms with Gasteiger partial charge in [-0.15, -0.1) is 11.8 Å². The molecule has 0 unspecified atom stereocenters. The Kier molecular flexibility index (Phi) is 7.12. The third-order valence-electron chi connectivity index (χ3n) is 4.22. The van der Waals surface area contributed by atoms with Crippen molar-refractivity contribution in [3.8, 4) is 0 Å². The molecular formula is C22H24ClN3O4S. The molecule has 0 fully saturated rings. The van der Waals surface area contributed by atoms with Gasteiger partial charge in [0.2, 0.25) is 0 Å². The van der Waals surface area contributed by atoms with E-state index >= 15 is 0 Å². The van der Waals surface area contributed by atoms with Crippen LogP contribution >= 0.6 is 23.4 Å². The average molecular weight is 462 g/mol. The van der Waals surface area contributed by atoms with Gasteiger partial charge in [0.1, 0.15) is 18.2 Å². The molecule has 1 heterocycles. The number of esters is 1. The summed E-state index contributed by atoms with van der Waals surface area (Å²) in [5.41, 5.74) is 0.449. The molecular weight excluding hydrogens is 438 g/mol. The molecule has 0 aliphatic carbocycles. The number of para-hydroxylation sites is 1. The minimum atomic E-state index is -0.834. The smallest absolute Gasteiger partial charge is 0.326 e. The SMILES string of the molecule is CC(C)(C)OC(=O)CN1C(=O)[C@@H](NC(=O)Nc2cccc(Cl)c2)CSc2ccccc21. The van der Waals surface area contributed by atoms with E-state index in [-0.39, 0.29) is 12.5 Å². The Morgan fingerprint density at radius 1 is 1.19 bits per heavy atom. The molecule has 2 aromatic rings. The molecule has 164 valence electrons. The number of carbonyl (C=O) groups is 3. The summed E-state index contributed by atoms with van der Waals surface area (Å²) >= 11 is 7.39. The Morgan fingerprint density at radius 2 is 1.94 bits per heavy atom. The highest BCUT2D eigenvalue weighted by atomic mass is 35.5. The zero-order chi connectivity index (χ0) is 22.6. The first kappa shape index (κ1) is 23.0. The van der Waals surface area contributed by atoms with Gasteiger partial charge in [-0.1, -0.05) is 29.8 Å². The fourth-order valence-electron chi connectivity index (χ4n) is 3.01. The number of ether oxygens (including phenoxy) is 1. The van der Waals surface area contributed by atoms with Crippen LogP contribution in [0.15, 0.2) is 53.4 Å². The molecule has 9 heteroatoms. The molecule has 3 rings (SSSR count). The summed E-state index contributed by atoms with van der Waals surface area (Å²) < 4.78 is 5.40. The quantitative estimate of drug-likeness (QED) is 0.662. The van der Waals surface area contributed by atoms with Gasteiger partial charge in [0.15, 0.2) is 0 Å². The van der Waals surface area contributed by atoms with E-state index in [2.05, 4.69) is 10.6 Å². The maximum absolute atomic E-state index is 13.3. The first-order valence-corrected chi connectivity index (χ1v) is 11.1. The average Bonchev–Trinajstić information content (AvgIpc) is 2.79. The third-order valence-corrected chi connectivity index (χ3v) is 5.61. The van der Waals surface area contributed by atoms with Gasteiger partial charge in [0.05, 0.1) is 5.69 Å². The molecule has 2 N–H and O–H groups in total. The van der Waals surface area contributed by atoms with Crippen LogP contribution in [0.5, 0.6) is 0 Å². The number of hydrogen-bond donors (Lipinski definition) is 2. The Labute approximate surface area is 190 Å². The monoisotopic (exact) mass is 461 g/mol. The highest BCUT2D eigenvalue weighted by Gasteiger charge is 2.34. The van der Waals surface area contributed by atoms with Gasteiger partial charge in [-0.2, -0.15) is 0 Å². The lowest BCUT2D eigenvalue weighted by atomic mass is 10.2. The van der Waals surface area contributed by atoms with Gasteiger partial charge in [-0.25, -0.2) is 4.79 Å². The Balaban J connectivity index is 1.77. The predicted octanol–water partition coefficient (Wildman–Crippen LogP) is 4.31. The number of carbonyl (C=O) groups excluding carboxylic acids is 3. The first-order valence-electron chi connectivity index (χ1n) is 9.70. The van der Waals surface area contributed by atoms with Crippen molar-refractivity contribution >= 4 is 52.6 Å². The number of urea groups is 1. The normalized spacial score (nSPS) is 16.2. The second kappa shape index (κ2) is 9.62. The van der Waals surface area contributed by atoms with E-state index in [1.807, 2.05) is 12.1 Å². The number of anilines is 2. The van der Waals surface area contributed by atoms with Gasteiger partial charge in [0, 0.05) is 21.4 Å². The fraction of sp³-hybridized carbons (Fsp3) is 0.318. The topological polar surface area (TPSA) is 87.7 Å². The maximum Gasteiger partial charge on any atom is 0.326 e. The molecule has 1 aliphatic rings. The van der Waals surface area contributed by atoms with Gasteiger partial charge < -0.3 is 15.4 Å². The number of benzene rings is 2. The lowest BCUT2D eigenvalue weighted by molar-refractivity contribution is -0.153. The molecule has 0 saturated heterocycles. The number of thioether (sulfide) groups is 1. The van der Waals surface area contributed by atoms with Crippen LogP contribution < -0.4 is 15.5 Å². The predicted molar refractivity (Wildman–Crippen MR) is 123 cm³/mol. The highest BCUT2D eigenvalue weighted by Crippen LogP contribution is 2.34. The molecule has 0 bridgehead atoms. The molecule has 7 nitrogen and oxygen atoms in total. The first-order chi connectivity index (χ1) is 14.6. The summed E-state index contributed by atoms with van der Waals surface area (Å²) in [7, 11) is 0. The number of fused-ring (bicyclic) bond motifs is 1. The van der Waals surface area contributed by atoms with Crippen LogP contribution in [0.1, 0.15) is 20.8 Å². The number of rotatable bonds is 4. The Morgan fingerprint density at radius 3 is 2.65 bits per heavy atom. The van der Waals surface area contributed by atoms with Crippen LogP contribution in [-0.4, -0.2) is 41.8 Å². The minimum absolute atomic E-state index is 0.248. The molecule has 1 atom stereocenters. The lowest BCUT2D eigenvalue weighted by Crippen LogP contribution is -2.52. The summed E-state index contributed by atoms with van der Waals surface area (Å²) in [5, 5.41) is 5.86. The van der Waals surface area contributed by atoms with E-state index in [4.69, 9.17) is 16.3 Å². The molecule has 0 saturated carbocycles. The number of nitrogens with one attached hydrogen (secondary N) is 2. The van der Waals surface area contributed by atoms with Crippen molar-refractivity contribution in [2.45, 2.75) is 37.3 Å². The number of hydrogen-bond acceptors (Lipinski definition) is 5. The van der Waals surface area contributed by atoms with Crippen molar-refractivity contribution < 1.29 is 19.1 Å². The molecule has 31 heavy (non-hydrogen) atoms. The van der Waals surface area contributed by atoms with Crippen LogP contribution in [0.4, 0.5) is 16.2 Å². The van der Waals surface area contributed by atoms with E-state index in [0.29, 0.717) is 22.2 Å². The van der Waals surface area contributed by atoms with E-state index in [1.54, 1.807) is 57.2 Å².